The zero-order valence-electron chi connectivity index (χ0n) is 30.5. The number of hydrogen-bond donors (Lipinski definition) is 0. The molecule has 54 heavy (non-hydrogen) atoms. The van der Waals surface area contributed by atoms with Crippen LogP contribution in [0.25, 0.3) is 66.1 Å². The molecular formula is C53H39N. The second kappa shape index (κ2) is 12.8. The molecule has 0 spiro atoms. The second-order valence-electron chi connectivity index (χ2n) is 15.0. The van der Waals surface area contributed by atoms with Gasteiger partial charge in [0.2, 0.25) is 0 Å². The van der Waals surface area contributed by atoms with Crippen LogP contribution in [0.15, 0.2) is 200 Å². The van der Waals surface area contributed by atoms with Crippen molar-refractivity contribution in [3.63, 3.8) is 0 Å². The number of hydrogen-bond acceptors (Lipinski definition) is 1. The largest absolute Gasteiger partial charge is 0.310 e. The third-order valence-corrected chi connectivity index (χ3v) is 11.5. The van der Waals surface area contributed by atoms with Crippen LogP contribution in [0.2, 0.25) is 0 Å². The summed E-state index contributed by atoms with van der Waals surface area (Å²) < 4.78 is 0. The summed E-state index contributed by atoms with van der Waals surface area (Å²) in [6, 6.07) is 73.3. The summed E-state index contributed by atoms with van der Waals surface area (Å²) in [5.74, 6) is 0. The van der Waals surface area contributed by atoms with Crippen molar-refractivity contribution in [3.05, 3.63) is 211 Å². The summed E-state index contributed by atoms with van der Waals surface area (Å²) in [7, 11) is 0. The van der Waals surface area contributed by atoms with Crippen LogP contribution in [0.3, 0.4) is 0 Å². The van der Waals surface area contributed by atoms with Crippen LogP contribution < -0.4 is 4.90 Å². The highest BCUT2D eigenvalue weighted by atomic mass is 15.1. The maximum absolute atomic E-state index is 2.40. The van der Waals surface area contributed by atoms with Gasteiger partial charge in [-0.05, 0) is 108 Å². The smallest absolute Gasteiger partial charge is 0.0540 e. The Morgan fingerprint density at radius 2 is 0.852 bits per heavy atom. The molecule has 9 aromatic carbocycles. The van der Waals surface area contributed by atoms with Gasteiger partial charge < -0.3 is 4.90 Å². The van der Waals surface area contributed by atoms with Crippen molar-refractivity contribution >= 4 is 38.6 Å². The molecule has 0 unspecified atom stereocenters. The van der Waals surface area contributed by atoms with Crippen LogP contribution in [0.1, 0.15) is 25.0 Å². The van der Waals surface area contributed by atoms with Crippen molar-refractivity contribution < 1.29 is 0 Å². The zero-order chi connectivity index (χ0) is 36.2. The number of rotatable bonds is 6. The van der Waals surface area contributed by atoms with Crippen LogP contribution in [0.4, 0.5) is 17.1 Å². The first kappa shape index (κ1) is 32.0. The Labute approximate surface area is 317 Å². The van der Waals surface area contributed by atoms with Crippen LogP contribution in [-0.4, -0.2) is 0 Å². The minimum atomic E-state index is -0.0293. The molecule has 0 atom stereocenters. The molecule has 1 heteroatoms. The molecule has 0 heterocycles. The van der Waals surface area contributed by atoms with E-state index in [1.165, 1.54) is 77.2 Å². The Hall–Kier alpha value is -6.70. The van der Waals surface area contributed by atoms with Gasteiger partial charge in [0, 0.05) is 22.2 Å². The SMILES string of the molecule is CC1(C)c2ccccc2-c2c(-c3ccc(N(c4ccc(-c5ccc(-c6ccc7ccccc7c6)cc5)cc4)c4cccc5ccccc45)cc3)cccc21. The molecule has 0 aromatic heterocycles. The van der Waals surface area contributed by atoms with E-state index in [-0.39, 0.29) is 5.41 Å². The van der Waals surface area contributed by atoms with Crippen molar-refractivity contribution in [1.29, 1.82) is 0 Å². The topological polar surface area (TPSA) is 3.24 Å². The summed E-state index contributed by atoms with van der Waals surface area (Å²) >= 11 is 0. The molecule has 0 amide bonds. The van der Waals surface area contributed by atoms with E-state index in [0.717, 1.165) is 17.1 Å². The monoisotopic (exact) mass is 689 g/mol. The molecular weight excluding hydrogens is 651 g/mol. The van der Waals surface area contributed by atoms with Crippen molar-refractivity contribution in [2.45, 2.75) is 19.3 Å². The van der Waals surface area contributed by atoms with Crippen LogP contribution in [0.5, 0.6) is 0 Å². The Bertz CT molecular complexity index is 2820. The van der Waals surface area contributed by atoms with Gasteiger partial charge in [0.25, 0.3) is 0 Å². The van der Waals surface area contributed by atoms with Gasteiger partial charge in [0.1, 0.15) is 0 Å². The van der Waals surface area contributed by atoms with Gasteiger partial charge in [-0.15, -0.1) is 0 Å². The molecule has 0 N–H and O–H groups in total. The van der Waals surface area contributed by atoms with Gasteiger partial charge >= 0.3 is 0 Å². The zero-order valence-corrected chi connectivity index (χ0v) is 30.5. The first-order chi connectivity index (χ1) is 26.5. The maximum Gasteiger partial charge on any atom is 0.0540 e. The molecule has 0 fully saturated rings. The molecule has 9 aromatic rings. The standard InChI is InChI=1S/C53H39N/c1-53(2)49-18-8-7-16-48(49)52-47(17-10-19-50(52)53)41-29-33-45(34-30-41)54(51-20-9-14-40-12-5-6-15-46(40)51)44-31-27-38(28-32-44)37-21-23-39(24-22-37)43-26-25-36-11-3-4-13-42(36)35-43/h3-35H,1-2H3. The molecule has 0 aliphatic heterocycles. The first-order valence-corrected chi connectivity index (χ1v) is 18.8. The molecule has 10 rings (SSSR count). The quantitative estimate of drug-likeness (QED) is 0.168. The number of anilines is 3. The number of fused-ring (bicyclic) bond motifs is 5. The molecule has 0 radical (unpaired) electrons. The maximum atomic E-state index is 2.40. The highest BCUT2D eigenvalue weighted by Gasteiger charge is 2.36. The molecule has 256 valence electrons. The molecule has 0 saturated heterocycles. The van der Waals surface area contributed by atoms with Crippen molar-refractivity contribution in [2.75, 3.05) is 4.90 Å². The Morgan fingerprint density at radius 3 is 1.59 bits per heavy atom. The number of benzene rings is 9. The lowest BCUT2D eigenvalue weighted by Gasteiger charge is -2.27. The Balaban J connectivity index is 1.02. The lowest BCUT2D eigenvalue weighted by atomic mass is 9.82. The Kier molecular flexibility index (Phi) is 7.56. The van der Waals surface area contributed by atoms with E-state index in [1.807, 2.05) is 0 Å². The fourth-order valence-electron chi connectivity index (χ4n) is 8.64. The third-order valence-electron chi connectivity index (χ3n) is 11.5. The summed E-state index contributed by atoms with van der Waals surface area (Å²) in [6.07, 6.45) is 0. The van der Waals surface area contributed by atoms with E-state index >= 15 is 0 Å². The van der Waals surface area contributed by atoms with Gasteiger partial charge in [0.15, 0.2) is 0 Å². The van der Waals surface area contributed by atoms with E-state index in [1.54, 1.807) is 0 Å². The van der Waals surface area contributed by atoms with E-state index in [9.17, 15) is 0 Å². The third kappa shape index (κ3) is 5.32. The number of nitrogens with zero attached hydrogens (tertiary/aromatic N) is 1. The van der Waals surface area contributed by atoms with Crippen LogP contribution in [-0.2, 0) is 5.41 Å². The van der Waals surface area contributed by atoms with Gasteiger partial charge in [-0.25, -0.2) is 0 Å². The lowest BCUT2D eigenvalue weighted by molar-refractivity contribution is 0.660. The second-order valence-corrected chi connectivity index (χ2v) is 15.0. The van der Waals surface area contributed by atoms with E-state index in [2.05, 4.69) is 219 Å². The first-order valence-electron chi connectivity index (χ1n) is 18.8. The fraction of sp³-hybridized carbons (Fsp3) is 0.0566. The van der Waals surface area contributed by atoms with Gasteiger partial charge in [-0.3, -0.25) is 0 Å². The average Bonchev–Trinajstić information content (AvgIpc) is 3.47. The molecule has 0 bridgehead atoms. The van der Waals surface area contributed by atoms with E-state index in [0.29, 0.717) is 0 Å². The predicted molar refractivity (Wildman–Crippen MR) is 230 cm³/mol. The molecule has 0 saturated carbocycles. The molecule has 1 aliphatic carbocycles. The van der Waals surface area contributed by atoms with E-state index in [4.69, 9.17) is 0 Å². The average molecular weight is 690 g/mol. The van der Waals surface area contributed by atoms with Gasteiger partial charge in [0.05, 0.1) is 5.69 Å². The van der Waals surface area contributed by atoms with Crippen molar-refractivity contribution in [1.82, 2.24) is 0 Å². The lowest BCUT2D eigenvalue weighted by Crippen LogP contribution is -2.14. The predicted octanol–water partition coefficient (Wildman–Crippen LogP) is 14.8. The Morgan fingerprint density at radius 1 is 0.352 bits per heavy atom. The summed E-state index contributed by atoms with van der Waals surface area (Å²) in [4.78, 5) is 2.40. The van der Waals surface area contributed by atoms with E-state index < -0.39 is 0 Å². The fourth-order valence-corrected chi connectivity index (χ4v) is 8.64. The normalized spacial score (nSPS) is 12.8. The minimum absolute atomic E-state index is 0.0293. The molecule has 1 nitrogen and oxygen atoms in total. The van der Waals surface area contributed by atoms with Gasteiger partial charge in [-0.2, -0.15) is 0 Å². The highest BCUT2D eigenvalue weighted by Crippen LogP contribution is 2.52. The minimum Gasteiger partial charge on any atom is -0.310 e. The van der Waals surface area contributed by atoms with Crippen molar-refractivity contribution in [2.24, 2.45) is 0 Å². The van der Waals surface area contributed by atoms with Gasteiger partial charge in [-0.1, -0.05) is 178 Å². The molecule has 1 aliphatic rings. The van der Waals surface area contributed by atoms with Crippen LogP contribution in [0, 0.1) is 0 Å². The van der Waals surface area contributed by atoms with Crippen molar-refractivity contribution in [3.8, 4) is 44.5 Å². The van der Waals surface area contributed by atoms with Crippen LogP contribution >= 0.6 is 0 Å². The summed E-state index contributed by atoms with van der Waals surface area (Å²) in [5.41, 5.74) is 16.2. The highest BCUT2D eigenvalue weighted by molar-refractivity contribution is 5.99. The summed E-state index contributed by atoms with van der Waals surface area (Å²) in [6.45, 7) is 4.69. The summed E-state index contributed by atoms with van der Waals surface area (Å²) in [5, 5.41) is 4.97.